The molecule has 0 atom stereocenters. The summed E-state index contributed by atoms with van der Waals surface area (Å²) in [4.78, 5) is 0. The zero-order chi connectivity index (χ0) is 19.3. The van der Waals surface area contributed by atoms with E-state index in [0.29, 0.717) is 0 Å². The van der Waals surface area contributed by atoms with Gasteiger partial charge in [0.25, 0.3) is 0 Å². The molecule has 1 heteroatoms. The summed E-state index contributed by atoms with van der Waals surface area (Å²) >= 11 is 1.06. The predicted molar refractivity (Wildman–Crippen MR) is 121 cm³/mol. The van der Waals surface area contributed by atoms with Crippen LogP contribution in [0.15, 0.2) is 109 Å². The van der Waals surface area contributed by atoms with E-state index in [9.17, 15) is 0 Å². The smallest absolute Gasteiger partial charge is 0.0606 e. The van der Waals surface area contributed by atoms with Crippen molar-refractivity contribution < 1.29 is 23.9 Å². The van der Waals surface area contributed by atoms with Gasteiger partial charge in [-0.2, -0.15) is 24.3 Å². The van der Waals surface area contributed by atoms with Crippen LogP contribution in [-0.2, 0) is 23.9 Å². The summed E-state index contributed by atoms with van der Waals surface area (Å²) in [5.41, 5.74) is 0. The number of benzene rings is 4. The van der Waals surface area contributed by atoms with Crippen LogP contribution in [0.1, 0.15) is 0 Å². The maximum atomic E-state index is 3.39. The minimum Gasteiger partial charge on any atom is -0.168 e. The van der Waals surface area contributed by atoms with Crippen LogP contribution in [-0.4, -0.2) is 4.26 Å². The zero-order valence-electron chi connectivity index (χ0n) is 15.6. The van der Waals surface area contributed by atoms with Crippen molar-refractivity contribution in [2.45, 2.75) is 0 Å². The molecule has 0 N–H and O–H groups in total. The van der Waals surface area contributed by atoms with Crippen molar-refractivity contribution in [3.63, 3.8) is 0 Å². The Morgan fingerprint density at radius 1 is 0.464 bits per heavy atom. The van der Waals surface area contributed by atoms with Crippen molar-refractivity contribution in [2.75, 3.05) is 0 Å². The zero-order valence-corrected chi connectivity index (χ0v) is 19.2. The molecule has 0 heterocycles. The molecule has 0 aliphatic heterocycles. The second-order valence-corrected chi connectivity index (χ2v) is 6.63. The van der Waals surface area contributed by atoms with Gasteiger partial charge in [0.1, 0.15) is 0 Å². The molecule has 0 bridgehead atoms. The Hall–Kier alpha value is -2.64. The SMILES string of the molecule is [CH2]=[Hf+2].c1ccc2c(c1)ccc1cc[cH-]c12.c1ccc2c(c1)ccc1cc[cH-]c12. The largest absolute Gasteiger partial charge is 0.168 e. The molecule has 0 aliphatic carbocycles. The Morgan fingerprint density at radius 3 is 1.32 bits per heavy atom. The van der Waals surface area contributed by atoms with Crippen LogP contribution in [0.25, 0.3) is 43.1 Å². The molecule has 0 saturated heterocycles. The average molecular weight is 523 g/mol. The first-order chi connectivity index (χ1) is 13.9. The van der Waals surface area contributed by atoms with E-state index in [-0.39, 0.29) is 0 Å². The fourth-order valence-electron chi connectivity index (χ4n) is 3.78. The Kier molecular flexibility index (Phi) is 5.73. The first kappa shape index (κ1) is 18.7. The third kappa shape index (κ3) is 3.55. The molecule has 0 aliphatic rings. The molecular formula is C27H20Hf. The van der Waals surface area contributed by atoms with Crippen LogP contribution in [0.2, 0.25) is 0 Å². The van der Waals surface area contributed by atoms with E-state index in [1.807, 2.05) is 0 Å². The van der Waals surface area contributed by atoms with Gasteiger partial charge in [0.15, 0.2) is 0 Å². The molecule has 132 valence electrons. The Balaban J connectivity index is 0.000000126. The van der Waals surface area contributed by atoms with E-state index >= 15 is 0 Å². The van der Waals surface area contributed by atoms with E-state index in [4.69, 9.17) is 0 Å². The van der Waals surface area contributed by atoms with Gasteiger partial charge in [-0.25, -0.2) is 0 Å². The number of hydrogen-bond acceptors (Lipinski definition) is 0. The second kappa shape index (κ2) is 8.58. The third-order valence-electron chi connectivity index (χ3n) is 5.09. The maximum Gasteiger partial charge on any atom is -0.0606 e. The average Bonchev–Trinajstić information content (AvgIpc) is 3.45. The summed E-state index contributed by atoms with van der Waals surface area (Å²) in [5.74, 6) is 0. The van der Waals surface area contributed by atoms with Crippen molar-refractivity contribution >= 4 is 47.4 Å². The minimum atomic E-state index is 1.06. The summed E-state index contributed by atoms with van der Waals surface area (Å²) in [6, 6.07) is 38.6. The predicted octanol–water partition coefficient (Wildman–Crippen LogP) is 7.39. The summed E-state index contributed by atoms with van der Waals surface area (Å²) in [6.07, 6.45) is 0. The van der Waals surface area contributed by atoms with Crippen LogP contribution < -0.4 is 0 Å². The Bertz CT molecular complexity index is 1240. The Labute approximate surface area is 179 Å². The molecule has 0 spiro atoms. The van der Waals surface area contributed by atoms with E-state index in [0.717, 1.165) is 23.9 Å². The van der Waals surface area contributed by atoms with Gasteiger partial charge < -0.3 is 0 Å². The molecule has 6 rings (SSSR count). The second-order valence-electron chi connectivity index (χ2n) is 6.63. The van der Waals surface area contributed by atoms with Gasteiger partial charge in [0.2, 0.25) is 0 Å². The first-order valence-electron chi connectivity index (χ1n) is 9.32. The quantitative estimate of drug-likeness (QED) is 0.144. The molecular weight excluding hydrogens is 503 g/mol. The molecule has 0 amide bonds. The molecule has 0 nitrogen and oxygen atoms in total. The number of hydrogen-bond donors (Lipinski definition) is 0. The van der Waals surface area contributed by atoms with Gasteiger partial charge in [0.05, 0.1) is 0 Å². The molecule has 0 aromatic heterocycles. The fourth-order valence-corrected chi connectivity index (χ4v) is 3.78. The van der Waals surface area contributed by atoms with E-state index in [1.165, 1.54) is 43.1 Å². The molecule has 0 unspecified atom stereocenters. The summed E-state index contributed by atoms with van der Waals surface area (Å²) < 4.78 is 3.39. The van der Waals surface area contributed by atoms with Gasteiger partial charge >= 0.3 is 28.2 Å². The number of fused-ring (bicyclic) bond motifs is 6. The van der Waals surface area contributed by atoms with Gasteiger partial charge in [-0.3, -0.25) is 0 Å². The monoisotopic (exact) mass is 524 g/mol. The first-order valence-corrected chi connectivity index (χ1v) is 11.9. The maximum absolute atomic E-state index is 3.39. The molecule has 0 radical (unpaired) electrons. The molecule has 0 saturated carbocycles. The van der Waals surface area contributed by atoms with Gasteiger partial charge in [-0.15, -0.1) is 45.8 Å². The number of rotatable bonds is 0. The van der Waals surface area contributed by atoms with Gasteiger partial charge in [-0.05, 0) is 0 Å². The standard InChI is InChI=1S/2C13H9.CH2.Hf/c2*1-2-6-12-10(4-1)8-9-11-5-3-7-13(11)12;;/h2*1-9H;1H2;/q2*-1;;+2. The summed E-state index contributed by atoms with van der Waals surface area (Å²) in [5, 5.41) is 10.7. The summed E-state index contributed by atoms with van der Waals surface area (Å²) in [6.45, 7) is 0. The van der Waals surface area contributed by atoms with Crippen molar-refractivity contribution in [1.82, 2.24) is 0 Å². The van der Waals surface area contributed by atoms with Crippen LogP contribution >= 0.6 is 0 Å². The van der Waals surface area contributed by atoms with Crippen molar-refractivity contribution in [1.29, 1.82) is 0 Å². The van der Waals surface area contributed by atoms with Crippen molar-refractivity contribution in [2.24, 2.45) is 0 Å². The molecule has 0 fully saturated rings. The van der Waals surface area contributed by atoms with Crippen molar-refractivity contribution in [3.8, 4) is 0 Å². The van der Waals surface area contributed by atoms with Crippen LogP contribution in [0.4, 0.5) is 0 Å². The van der Waals surface area contributed by atoms with E-state index < -0.39 is 0 Å². The Morgan fingerprint density at radius 2 is 0.857 bits per heavy atom. The molecule has 6 aromatic carbocycles. The third-order valence-corrected chi connectivity index (χ3v) is 5.09. The topological polar surface area (TPSA) is 0 Å². The van der Waals surface area contributed by atoms with E-state index in [1.54, 1.807) is 0 Å². The molecule has 28 heavy (non-hydrogen) atoms. The minimum absolute atomic E-state index is 1.06. The van der Waals surface area contributed by atoms with Crippen LogP contribution in [0, 0.1) is 0 Å². The van der Waals surface area contributed by atoms with Gasteiger partial charge in [-0.1, -0.05) is 82.2 Å². The van der Waals surface area contributed by atoms with Gasteiger partial charge in [0, 0.05) is 0 Å². The van der Waals surface area contributed by atoms with Crippen molar-refractivity contribution in [3.05, 3.63) is 109 Å². The summed E-state index contributed by atoms with van der Waals surface area (Å²) in [7, 11) is 0. The molecule has 6 aromatic rings. The van der Waals surface area contributed by atoms with Crippen LogP contribution in [0.3, 0.4) is 0 Å². The van der Waals surface area contributed by atoms with Crippen LogP contribution in [0.5, 0.6) is 0 Å². The normalized spacial score (nSPS) is 10.5. The van der Waals surface area contributed by atoms with E-state index in [2.05, 4.69) is 113 Å². The fraction of sp³-hybridized carbons (Fsp3) is 0.